The van der Waals surface area contributed by atoms with Crippen molar-refractivity contribution in [1.82, 2.24) is 15.2 Å². The largest absolute Gasteiger partial charge is 0.370 e. The second-order valence-corrected chi connectivity index (χ2v) is 8.45. The number of aromatic nitrogens is 1. The summed E-state index contributed by atoms with van der Waals surface area (Å²) in [5.74, 6) is 0.543. The van der Waals surface area contributed by atoms with Crippen LogP contribution in [-0.4, -0.2) is 55.1 Å². The highest BCUT2D eigenvalue weighted by molar-refractivity contribution is 6.35. The minimum atomic E-state index is 0.0204. The molecule has 4 rings (SSSR count). The monoisotopic (exact) mass is 386 g/mol. The average Bonchev–Trinajstić information content (AvgIpc) is 3.06. The highest BCUT2D eigenvalue weighted by Crippen LogP contribution is 2.35. The molecule has 2 atom stereocenters. The number of nitrogens with one attached hydrogen (secondary N) is 1. The standard InChI is InChI=1S/C21H27ClN4O/c1-14-12-26(19-6-5-18(22)20-16(19)4-3-9-23-20)13-17(14)21(27)24-15-7-10-25(2)11-8-15/h3-6,9,14-15,17H,7-8,10-13H2,1-2H3,(H,24,27)/t14-,17-/m1/s1. The van der Waals surface area contributed by atoms with E-state index >= 15 is 0 Å². The molecule has 0 radical (unpaired) electrons. The number of likely N-dealkylation sites (tertiary alicyclic amines) is 1. The van der Waals surface area contributed by atoms with E-state index in [4.69, 9.17) is 11.6 Å². The Balaban J connectivity index is 1.49. The van der Waals surface area contributed by atoms with E-state index in [1.165, 1.54) is 0 Å². The van der Waals surface area contributed by atoms with Crippen molar-refractivity contribution >= 4 is 34.1 Å². The first-order valence-corrected chi connectivity index (χ1v) is 10.2. The molecule has 27 heavy (non-hydrogen) atoms. The second-order valence-electron chi connectivity index (χ2n) is 8.04. The van der Waals surface area contributed by atoms with Crippen molar-refractivity contribution in [3.8, 4) is 0 Å². The lowest BCUT2D eigenvalue weighted by atomic mass is 9.96. The number of amides is 1. The SMILES string of the molecule is C[C@@H]1CN(c2ccc(Cl)c3ncccc23)C[C@H]1C(=O)NC1CCN(C)CC1. The Kier molecular flexibility index (Phi) is 5.24. The molecule has 1 aromatic carbocycles. The molecule has 0 aliphatic carbocycles. The lowest BCUT2D eigenvalue weighted by Gasteiger charge is -2.30. The van der Waals surface area contributed by atoms with Gasteiger partial charge in [-0.2, -0.15) is 0 Å². The van der Waals surface area contributed by atoms with Gasteiger partial charge in [0.1, 0.15) is 0 Å². The summed E-state index contributed by atoms with van der Waals surface area (Å²) in [6.07, 6.45) is 3.85. The maximum atomic E-state index is 12.9. The molecule has 2 aliphatic heterocycles. The van der Waals surface area contributed by atoms with E-state index in [1.807, 2.05) is 12.1 Å². The zero-order chi connectivity index (χ0) is 19.0. The van der Waals surface area contributed by atoms with Gasteiger partial charge in [-0.1, -0.05) is 18.5 Å². The van der Waals surface area contributed by atoms with Crippen molar-refractivity contribution < 1.29 is 4.79 Å². The van der Waals surface area contributed by atoms with Gasteiger partial charge in [0.2, 0.25) is 5.91 Å². The first-order chi connectivity index (χ1) is 13.0. The van der Waals surface area contributed by atoms with Gasteiger partial charge in [-0.05, 0) is 63.2 Å². The molecule has 2 fully saturated rings. The number of anilines is 1. The quantitative estimate of drug-likeness (QED) is 0.880. The summed E-state index contributed by atoms with van der Waals surface area (Å²) >= 11 is 6.31. The normalized spacial score (nSPS) is 24.5. The van der Waals surface area contributed by atoms with Crippen molar-refractivity contribution in [2.45, 2.75) is 25.8 Å². The molecule has 0 saturated carbocycles. The third-order valence-corrected chi connectivity index (χ3v) is 6.36. The predicted molar refractivity (Wildman–Crippen MR) is 110 cm³/mol. The van der Waals surface area contributed by atoms with Crippen LogP contribution in [0, 0.1) is 11.8 Å². The Morgan fingerprint density at radius 1 is 1.22 bits per heavy atom. The molecule has 0 bridgehead atoms. The molecular weight excluding hydrogens is 360 g/mol. The summed E-state index contributed by atoms with van der Waals surface area (Å²) < 4.78 is 0. The van der Waals surface area contributed by atoms with E-state index in [2.05, 4.69) is 46.2 Å². The maximum absolute atomic E-state index is 12.9. The molecule has 2 aliphatic rings. The maximum Gasteiger partial charge on any atom is 0.225 e. The van der Waals surface area contributed by atoms with Gasteiger partial charge in [-0.15, -0.1) is 0 Å². The van der Waals surface area contributed by atoms with E-state index in [0.29, 0.717) is 17.0 Å². The van der Waals surface area contributed by atoms with Crippen LogP contribution >= 0.6 is 11.6 Å². The van der Waals surface area contributed by atoms with Crippen molar-refractivity contribution in [1.29, 1.82) is 0 Å². The van der Waals surface area contributed by atoms with Gasteiger partial charge >= 0.3 is 0 Å². The van der Waals surface area contributed by atoms with Crippen LogP contribution in [0.4, 0.5) is 5.69 Å². The van der Waals surface area contributed by atoms with Crippen LogP contribution in [-0.2, 0) is 4.79 Å². The van der Waals surface area contributed by atoms with Crippen molar-refractivity contribution in [2.24, 2.45) is 11.8 Å². The summed E-state index contributed by atoms with van der Waals surface area (Å²) in [6, 6.07) is 8.26. The van der Waals surface area contributed by atoms with Gasteiger partial charge in [0.15, 0.2) is 0 Å². The van der Waals surface area contributed by atoms with Crippen molar-refractivity contribution in [3.05, 3.63) is 35.5 Å². The van der Waals surface area contributed by atoms with E-state index < -0.39 is 0 Å². The summed E-state index contributed by atoms with van der Waals surface area (Å²) in [5, 5.41) is 5.02. The molecule has 1 aromatic heterocycles. The predicted octanol–water partition coefficient (Wildman–Crippen LogP) is 3.17. The fourth-order valence-electron chi connectivity index (χ4n) is 4.36. The molecule has 0 unspecified atom stereocenters. The Bertz CT molecular complexity index is 834. The van der Waals surface area contributed by atoms with Crippen LogP contribution in [0.25, 0.3) is 10.9 Å². The number of pyridine rings is 1. The van der Waals surface area contributed by atoms with Crippen molar-refractivity contribution in [2.75, 3.05) is 38.1 Å². The Hall–Kier alpha value is -1.85. The average molecular weight is 387 g/mol. The minimum Gasteiger partial charge on any atom is -0.370 e. The number of hydrogen-bond donors (Lipinski definition) is 1. The van der Waals surface area contributed by atoms with Gasteiger partial charge in [-0.3, -0.25) is 9.78 Å². The zero-order valence-corrected chi connectivity index (χ0v) is 16.7. The third kappa shape index (κ3) is 3.76. The van der Waals surface area contributed by atoms with Gasteiger partial charge in [0.25, 0.3) is 0 Å². The van der Waals surface area contributed by atoms with Crippen LogP contribution in [0.5, 0.6) is 0 Å². The van der Waals surface area contributed by atoms with Gasteiger partial charge in [0, 0.05) is 36.4 Å². The fraction of sp³-hybridized carbons (Fsp3) is 0.524. The molecule has 2 aromatic rings. The highest BCUT2D eigenvalue weighted by Gasteiger charge is 2.36. The zero-order valence-electron chi connectivity index (χ0n) is 16.0. The number of piperidine rings is 1. The van der Waals surface area contributed by atoms with Gasteiger partial charge in [-0.25, -0.2) is 0 Å². The number of hydrogen-bond acceptors (Lipinski definition) is 4. The molecule has 6 heteroatoms. The van der Waals surface area contributed by atoms with Crippen LogP contribution in [0.2, 0.25) is 5.02 Å². The molecular formula is C21H27ClN4O. The number of halogens is 1. The van der Waals surface area contributed by atoms with E-state index in [0.717, 1.165) is 55.6 Å². The van der Waals surface area contributed by atoms with Crippen LogP contribution in [0.15, 0.2) is 30.5 Å². The molecule has 1 amide bonds. The number of carbonyl (C=O) groups is 1. The highest BCUT2D eigenvalue weighted by atomic mass is 35.5. The molecule has 3 heterocycles. The fourth-order valence-corrected chi connectivity index (χ4v) is 4.58. The number of carbonyl (C=O) groups excluding carboxylic acids is 1. The lowest BCUT2D eigenvalue weighted by molar-refractivity contribution is -0.126. The van der Waals surface area contributed by atoms with E-state index in [-0.39, 0.29) is 11.8 Å². The molecule has 144 valence electrons. The lowest BCUT2D eigenvalue weighted by Crippen LogP contribution is -2.46. The van der Waals surface area contributed by atoms with E-state index in [9.17, 15) is 4.79 Å². The smallest absolute Gasteiger partial charge is 0.225 e. The number of nitrogens with zero attached hydrogens (tertiary/aromatic N) is 3. The molecule has 1 N–H and O–H groups in total. The minimum absolute atomic E-state index is 0.0204. The number of fused-ring (bicyclic) bond motifs is 1. The van der Waals surface area contributed by atoms with Crippen LogP contribution in [0.1, 0.15) is 19.8 Å². The first-order valence-electron chi connectivity index (χ1n) is 9.80. The third-order valence-electron chi connectivity index (χ3n) is 6.05. The van der Waals surface area contributed by atoms with Gasteiger partial charge in [0.05, 0.1) is 16.5 Å². The number of benzene rings is 1. The summed E-state index contributed by atoms with van der Waals surface area (Å²) in [6.45, 7) is 5.90. The van der Waals surface area contributed by atoms with Crippen LogP contribution < -0.4 is 10.2 Å². The molecule has 0 spiro atoms. The van der Waals surface area contributed by atoms with E-state index in [1.54, 1.807) is 6.20 Å². The topological polar surface area (TPSA) is 48.5 Å². The Morgan fingerprint density at radius 3 is 2.78 bits per heavy atom. The van der Waals surface area contributed by atoms with Crippen LogP contribution in [0.3, 0.4) is 0 Å². The Labute approximate surface area is 165 Å². The van der Waals surface area contributed by atoms with Gasteiger partial charge < -0.3 is 15.1 Å². The Morgan fingerprint density at radius 2 is 2.00 bits per heavy atom. The molecule has 5 nitrogen and oxygen atoms in total. The molecule has 2 saturated heterocycles. The number of rotatable bonds is 3. The summed E-state index contributed by atoms with van der Waals surface area (Å²) in [7, 11) is 2.14. The summed E-state index contributed by atoms with van der Waals surface area (Å²) in [4.78, 5) is 22.0. The van der Waals surface area contributed by atoms with Crippen molar-refractivity contribution in [3.63, 3.8) is 0 Å². The first kappa shape index (κ1) is 18.5. The summed E-state index contributed by atoms with van der Waals surface area (Å²) in [5.41, 5.74) is 1.94. The second kappa shape index (κ2) is 7.64.